The van der Waals surface area contributed by atoms with Gasteiger partial charge in [-0.1, -0.05) is 12.1 Å². The Kier molecular flexibility index (Phi) is 4.98. The van der Waals surface area contributed by atoms with Crippen molar-refractivity contribution in [2.75, 3.05) is 18.4 Å². The SMILES string of the molecule is NC(=O)c1ccccc1NCC(=O)N1CCCCC1C(=O)O. The van der Waals surface area contributed by atoms with Gasteiger partial charge in [0, 0.05) is 12.2 Å². The van der Waals surface area contributed by atoms with Gasteiger partial charge < -0.3 is 21.1 Å². The summed E-state index contributed by atoms with van der Waals surface area (Å²) in [5, 5.41) is 12.1. The predicted molar refractivity (Wildman–Crippen MR) is 80.4 cm³/mol. The molecule has 1 aromatic rings. The van der Waals surface area contributed by atoms with Crippen molar-refractivity contribution in [3.8, 4) is 0 Å². The molecule has 1 aliphatic heterocycles. The highest BCUT2D eigenvalue weighted by molar-refractivity contribution is 5.99. The Hall–Kier alpha value is -2.57. The summed E-state index contributed by atoms with van der Waals surface area (Å²) in [6, 6.07) is 5.85. The van der Waals surface area contributed by atoms with Crippen LogP contribution >= 0.6 is 0 Å². The summed E-state index contributed by atoms with van der Waals surface area (Å²) in [4.78, 5) is 36.2. The Labute approximate surface area is 128 Å². The molecule has 0 spiro atoms. The Bertz CT molecular complexity index is 588. The van der Waals surface area contributed by atoms with Gasteiger partial charge >= 0.3 is 5.97 Å². The number of hydrogen-bond acceptors (Lipinski definition) is 4. The molecule has 0 bridgehead atoms. The highest BCUT2D eigenvalue weighted by Gasteiger charge is 2.31. The number of carbonyl (C=O) groups excluding carboxylic acids is 2. The second-order valence-corrected chi connectivity index (χ2v) is 5.20. The Balaban J connectivity index is 2.03. The van der Waals surface area contributed by atoms with E-state index in [1.807, 2.05) is 0 Å². The van der Waals surface area contributed by atoms with Gasteiger partial charge in [-0.3, -0.25) is 9.59 Å². The van der Waals surface area contributed by atoms with E-state index in [2.05, 4.69) is 5.32 Å². The lowest BCUT2D eigenvalue weighted by Gasteiger charge is -2.33. The molecule has 2 rings (SSSR count). The van der Waals surface area contributed by atoms with E-state index in [1.54, 1.807) is 24.3 Å². The van der Waals surface area contributed by atoms with Crippen LogP contribution in [0.2, 0.25) is 0 Å². The Morgan fingerprint density at radius 2 is 2.00 bits per heavy atom. The highest BCUT2D eigenvalue weighted by atomic mass is 16.4. The molecule has 1 heterocycles. The normalized spacial score (nSPS) is 17.8. The van der Waals surface area contributed by atoms with Gasteiger partial charge in [0.15, 0.2) is 0 Å². The third-order valence-corrected chi connectivity index (χ3v) is 3.73. The summed E-state index contributed by atoms with van der Waals surface area (Å²) >= 11 is 0. The molecule has 7 heteroatoms. The minimum absolute atomic E-state index is 0.0753. The van der Waals surface area contributed by atoms with Gasteiger partial charge in [0.05, 0.1) is 12.1 Å². The minimum Gasteiger partial charge on any atom is -0.480 e. The summed E-state index contributed by atoms with van der Waals surface area (Å²) in [5.74, 6) is -1.87. The van der Waals surface area contributed by atoms with E-state index in [1.165, 1.54) is 4.90 Å². The summed E-state index contributed by atoms with van der Waals surface area (Å²) in [5.41, 5.74) is 6.03. The first kappa shape index (κ1) is 15.8. The second kappa shape index (κ2) is 6.93. The van der Waals surface area contributed by atoms with Crippen LogP contribution < -0.4 is 11.1 Å². The molecular weight excluding hydrogens is 286 g/mol. The van der Waals surface area contributed by atoms with Crippen molar-refractivity contribution in [2.45, 2.75) is 25.3 Å². The lowest BCUT2D eigenvalue weighted by Crippen LogP contribution is -2.49. The first-order valence-corrected chi connectivity index (χ1v) is 7.15. The number of piperidine rings is 1. The summed E-state index contributed by atoms with van der Waals surface area (Å²) in [7, 11) is 0. The molecule has 22 heavy (non-hydrogen) atoms. The lowest BCUT2D eigenvalue weighted by atomic mass is 10.0. The number of para-hydroxylation sites is 1. The van der Waals surface area contributed by atoms with E-state index in [0.717, 1.165) is 12.8 Å². The van der Waals surface area contributed by atoms with Crippen molar-refractivity contribution in [3.05, 3.63) is 29.8 Å². The summed E-state index contributed by atoms with van der Waals surface area (Å²) < 4.78 is 0. The van der Waals surface area contributed by atoms with E-state index in [9.17, 15) is 19.5 Å². The molecule has 118 valence electrons. The van der Waals surface area contributed by atoms with Gasteiger partial charge in [-0.2, -0.15) is 0 Å². The van der Waals surface area contributed by atoms with Crippen molar-refractivity contribution < 1.29 is 19.5 Å². The average Bonchev–Trinajstić information content (AvgIpc) is 2.52. The number of nitrogens with zero attached hydrogens (tertiary/aromatic N) is 1. The molecule has 1 aromatic carbocycles. The smallest absolute Gasteiger partial charge is 0.326 e. The molecule has 1 unspecified atom stereocenters. The van der Waals surface area contributed by atoms with Crippen LogP contribution in [0.5, 0.6) is 0 Å². The quantitative estimate of drug-likeness (QED) is 0.740. The van der Waals surface area contributed by atoms with Crippen molar-refractivity contribution in [1.82, 2.24) is 4.90 Å². The maximum Gasteiger partial charge on any atom is 0.326 e. The number of nitrogens with one attached hydrogen (secondary N) is 1. The molecular formula is C15H19N3O4. The Morgan fingerprint density at radius 1 is 1.27 bits per heavy atom. The number of carboxylic acids is 1. The fraction of sp³-hybridized carbons (Fsp3) is 0.400. The average molecular weight is 305 g/mol. The van der Waals surface area contributed by atoms with Crippen LogP contribution in [0.3, 0.4) is 0 Å². The first-order chi connectivity index (χ1) is 10.5. The molecule has 1 aliphatic rings. The Morgan fingerprint density at radius 3 is 2.68 bits per heavy atom. The van der Waals surface area contributed by atoms with E-state index < -0.39 is 17.9 Å². The third-order valence-electron chi connectivity index (χ3n) is 3.73. The molecule has 1 atom stereocenters. The number of aliphatic carboxylic acids is 1. The maximum atomic E-state index is 12.3. The molecule has 7 nitrogen and oxygen atoms in total. The zero-order chi connectivity index (χ0) is 16.1. The fourth-order valence-electron chi connectivity index (χ4n) is 2.61. The highest BCUT2D eigenvalue weighted by Crippen LogP contribution is 2.18. The lowest BCUT2D eigenvalue weighted by molar-refractivity contribution is -0.151. The van der Waals surface area contributed by atoms with E-state index in [-0.39, 0.29) is 12.5 Å². The molecule has 0 saturated carbocycles. The zero-order valence-corrected chi connectivity index (χ0v) is 12.1. The van der Waals surface area contributed by atoms with E-state index in [4.69, 9.17) is 5.73 Å². The number of hydrogen-bond donors (Lipinski definition) is 3. The van der Waals surface area contributed by atoms with Gasteiger partial charge in [0.1, 0.15) is 6.04 Å². The molecule has 2 amide bonds. The van der Waals surface area contributed by atoms with Gasteiger partial charge in [0.25, 0.3) is 5.91 Å². The number of nitrogens with two attached hydrogens (primary N) is 1. The zero-order valence-electron chi connectivity index (χ0n) is 12.1. The van der Waals surface area contributed by atoms with E-state index in [0.29, 0.717) is 24.2 Å². The topological polar surface area (TPSA) is 113 Å². The summed E-state index contributed by atoms with van der Waals surface area (Å²) in [6.45, 7) is 0.364. The molecule has 4 N–H and O–H groups in total. The maximum absolute atomic E-state index is 12.3. The number of benzene rings is 1. The predicted octanol–water partition coefficient (Wildman–Crippen LogP) is 0.663. The van der Waals surface area contributed by atoms with Gasteiger partial charge in [0.2, 0.25) is 5.91 Å². The van der Waals surface area contributed by atoms with Gasteiger partial charge in [-0.15, -0.1) is 0 Å². The molecule has 0 aliphatic carbocycles. The van der Waals surface area contributed by atoms with Crippen molar-refractivity contribution in [1.29, 1.82) is 0 Å². The van der Waals surface area contributed by atoms with E-state index >= 15 is 0 Å². The molecule has 1 saturated heterocycles. The second-order valence-electron chi connectivity index (χ2n) is 5.20. The number of carboxylic acid groups (broad SMARTS) is 1. The number of primary amides is 1. The largest absolute Gasteiger partial charge is 0.480 e. The monoisotopic (exact) mass is 305 g/mol. The summed E-state index contributed by atoms with van der Waals surface area (Å²) in [6.07, 6.45) is 2.07. The third kappa shape index (κ3) is 3.55. The first-order valence-electron chi connectivity index (χ1n) is 7.15. The van der Waals surface area contributed by atoms with Gasteiger partial charge in [-0.05, 0) is 31.4 Å². The number of anilines is 1. The van der Waals surface area contributed by atoms with Crippen molar-refractivity contribution in [3.63, 3.8) is 0 Å². The van der Waals surface area contributed by atoms with Crippen LogP contribution in [0.1, 0.15) is 29.6 Å². The number of amides is 2. The van der Waals surface area contributed by atoms with Crippen LogP contribution in [0, 0.1) is 0 Å². The van der Waals surface area contributed by atoms with Crippen LogP contribution in [-0.4, -0.2) is 46.9 Å². The number of likely N-dealkylation sites (tertiary alicyclic amines) is 1. The minimum atomic E-state index is -0.981. The number of carbonyl (C=O) groups is 3. The van der Waals surface area contributed by atoms with Crippen LogP contribution in [0.25, 0.3) is 0 Å². The molecule has 0 radical (unpaired) electrons. The van der Waals surface area contributed by atoms with Crippen LogP contribution in [0.15, 0.2) is 24.3 Å². The van der Waals surface area contributed by atoms with Crippen LogP contribution in [-0.2, 0) is 9.59 Å². The van der Waals surface area contributed by atoms with Crippen molar-refractivity contribution in [2.24, 2.45) is 5.73 Å². The standard InChI is InChI=1S/C15H19N3O4/c16-14(20)10-5-1-2-6-11(10)17-9-13(19)18-8-4-3-7-12(18)15(21)22/h1-2,5-6,12,17H,3-4,7-9H2,(H2,16,20)(H,21,22). The molecule has 1 fully saturated rings. The number of rotatable bonds is 5. The fourth-order valence-corrected chi connectivity index (χ4v) is 2.61. The van der Waals surface area contributed by atoms with Crippen molar-refractivity contribution >= 4 is 23.5 Å². The molecule has 0 aromatic heterocycles. The van der Waals surface area contributed by atoms with Crippen LogP contribution in [0.4, 0.5) is 5.69 Å². The van der Waals surface area contributed by atoms with Gasteiger partial charge in [-0.25, -0.2) is 4.79 Å².